The van der Waals surface area contributed by atoms with Crippen LogP contribution in [0.15, 0.2) is 109 Å². The zero-order valence-electron chi connectivity index (χ0n) is 19.8. The van der Waals surface area contributed by atoms with Crippen molar-refractivity contribution >= 4 is 61.4 Å². The molecule has 6 aromatic rings. The van der Waals surface area contributed by atoms with Crippen molar-refractivity contribution in [3.05, 3.63) is 125 Å². The van der Waals surface area contributed by atoms with Crippen molar-refractivity contribution < 1.29 is 13.1 Å². The fourth-order valence-electron chi connectivity index (χ4n) is 5.43. The van der Waals surface area contributed by atoms with Gasteiger partial charge >= 0.3 is 6.97 Å². The summed E-state index contributed by atoms with van der Waals surface area (Å²) in [4.78, 5) is 9.45. The maximum Gasteiger partial charge on any atom is 0.738 e. The van der Waals surface area contributed by atoms with Crippen LogP contribution in [0.3, 0.4) is 0 Å². The first-order chi connectivity index (χ1) is 18.6. The lowest BCUT2D eigenvalue weighted by atomic mass is 9.85. The predicted molar refractivity (Wildman–Crippen MR) is 152 cm³/mol. The van der Waals surface area contributed by atoms with Gasteiger partial charge in [-0.1, -0.05) is 54.6 Å². The van der Waals surface area contributed by atoms with Crippen molar-refractivity contribution in [3.8, 4) is 10.7 Å². The number of fused-ring (bicyclic) bond motifs is 4. The Hall–Kier alpha value is -4.21. The lowest BCUT2D eigenvalue weighted by molar-refractivity contribution is -0.360. The maximum atomic E-state index is 16.9. The maximum absolute atomic E-state index is 16.9. The first-order valence-electron chi connectivity index (χ1n) is 12.2. The summed E-state index contributed by atoms with van der Waals surface area (Å²) in [5.41, 5.74) is 5.04. The number of rotatable bonds is 3. The van der Waals surface area contributed by atoms with Crippen molar-refractivity contribution in [2.75, 3.05) is 0 Å². The fraction of sp³-hybridized carbons (Fsp3) is 0. The second kappa shape index (κ2) is 7.90. The topological polar surface area (TPSA) is 33.7 Å². The standard InChI is InChI=1S/C29H17BF2N4S2/c31-30(32)35-21(14-16-23(35)28-33-19-10-4-6-12-25(19)37-28)27(18-8-2-1-3-9-18)22-15-17-24(36(22)30)29-34-20-11-5-7-13-26(20)38-29/h1-17H. The second-order valence-electron chi connectivity index (χ2n) is 9.25. The number of benzene rings is 3. The van der Waals surface area contributed by atoms with E-state index in [9.17, 15) is 0 Å². The number of hydrogen-bond acceptors (Lipinski definition) is 4. The van der Waals surface area contributed by atoms with Gasteiger partial charge < -0.3 is 17.6 Å². The SMILES string of the molecule is F[B-]1(F)n2c(ccc2-c2nc3ccccc3s2)C(c2ccccc2)=C2C=CC(c3nc4ccccc4s3)=[N+]21. The van der Waals surface area contributed by atoms with Crippen molar-refractivity contribution in [3.63, 3.8) is 0 Å². The molecule has 5 heterocycles. The summed E-state index contributed by atoms with van der Waals surface area (Å²) < 4.78 is 38.1. The Morgan fingerprint density at radius 1 is 0.658 bits per heavy atom. The molecule has 0 fully saturated rings. The predicted octanol–water partition coefficient (Wildman–Crippen LogP) is 7.44. The highest BCUT2D eigenvalue weighted by Gasteiger charge is 2.55. The number of hydrogen-bond donors (Lipinski definition) is 0. The van der Waals surface area contributed by atoms with E-state index in [4.69, 9.17) is 9.97 Å². The minimum atomic E-state index is -4.25. The van der Waals surface area contributed by atoms with E-state index in [0.717, 1.165) is 31.6 Å². The second-order valence-corrected chi connectivity index (χ2v) is 11.3. The molecule has 2 aliphatic heterocycles. The van der Waals surface area contributed by atoms with Gasteiger partial charge in [-0.25, -0.2) is 9.97 Å². The summed E-state index contributed by atoms with van der Waals surface area (Å²) in [7, 11) is 0. The minimum Gasteiger partial charge on any atom is -0.389 e. The van der Waals surface area contributed by atoms with Gasteiger partial charge in [0.1, 0.15) is 5.01 Å². The van der Waals surface area contributed by atoms with Crippen LogP contribution in [0.1, 0.15) is 16.3 Å². The summed E-state index contributed by atoms with van der Waals surface area (Å²) >= 11 is 2.86. The molecule has 0 saturated heterocycles. The number of aromatic nitrogens is 3. The molecule has 3 aromatic heterocycles. The Kier molecular flexibility index (Phi) is 4.54. The zero-order valence-corrected chi connectivity index (χ0v) is 21.4. The van der Waals surface area contributed by atoms with E-state index in [1.54, 1.807) is 24.3 Å². The van der Waals surface area contributed by atoms with Crippen molar-refractivity contribution in [1.29, 1.82) is 0 Å². The van der Waals surface area contributed by atoms with Crippen LogP contribution in [0, 0.1) is 0 Å². The van der Waals surface area contributed by atoms with Crippen molar-refractivity contribution in [2.45, 2.75) is 0 Å². The molecule has 0 atom stereocenters. The molecule has 0 aliphatic carbocycles. The Labute approximate surface area is 224 Å². The summed E-state index contributed by atoms with van der Waals surface area (Å²) in [6, 6.07) is 28.8. The van der Waals surface area contributed by atoms with Gasteiger partial charge in [-0.2, -0.15) is 0 Å². The molecule has 2 aliphatic rings. The molecule has 0 spiro atoms. The number of nitrogens with zero attached hydrogens (tertiary/aromatic N) is 4. The Balaban J connectivity index is 1.43. The van der Waals surface area contributed by atoms with E-state index in [1.807, 2.05) is 78.9 Å². The quantitative estimate of drug-likeness (QED) is 0.221. The fourth-order valence-corrected chi connectivity index (χ4v) is 7.41. The van der Waals surface area contributed by atoms with E-state index in [-0.39, 0.29) is 0 Å². The molecule has 0 N–H and O–H groups in total. The molecule has 182 valence electrons. The Morgan fingerprint density at radius 2 is 1.26 bits per heavy atom. The third kappa shape index (κ3) is 3.03. The van der Waals surface area contributed by atoms with Crippen LogP contribution in [-0.4, -0.2) is 31.6 Å². The highest BCUT2D eigenvalue weighted by Crippen LogP contribution is 2.44. The van der Waals surface area contributed by atoms with E-state index < -0.39 is 6.97 Å². The van der Waals surface area contributed by atoms with Gasteiger partial charge in [0.05, 0.1) is 26.0 Å². The first kappa shape index (κ1) is 21.8. The average molecular weight is 534 g/mol. The number of allylic oxidation sites excluding steroid dienone is 2. The highest BCUT2D eigenvalue weighted by atomic mass is 32.1. The van der Waals surface area contributed by atoms with Crippen LogP contribution in [0.5, 0.6) is 0 Å². The van der Waals surface area contributed by atoms with E-state index >= 15 is 8.63 Å². The molecule has 38 heavy (non-hydrogen) atoms. The van der Waals surface area contributed by atoms with E-state index in [1.165, 1.54) is 31.6 Å². The van der Waals surface area contributed by atoms with Gasteiger partial charge in [-0.05, 0) is 42.0 Å². The lowest BCUT2D eigenvalue weighted by Crippen LogP contribution is -2.51. The average Bonchev–Trinajstić information content (AvgIpc) is 3.72. The largest absolute Gasteiger partial charge is 0.738 e. The first-order valence-corrected chi connectivity index (χ1v) is 13.8. The number of para-hydroxylation sites is 2. The monoisotopic (exact) mass is 534 g/mol. The van der Waals surface area contributed by atoms with Crippen LogP contribution >= 0.6 is 22.7 Å². The third-order valence-electron chi connectivity index (χ3n) is 7.06. The van der Waals surface area contributed by atoms with Gasteiger partial charge in [-0.3, -0.25) is 0 Å². The molecule has 0 bridgehead atoms. The third-order valence-corrected chi connectivity index (χ3v) is 9.18. The summed E-state index contributed by atoms with van der Waals surface area (Å²) in [6.07, 6.45) is 3.57. The lowest BCUT2D eigenvalue weighted by Gasteiger charge is -2.33. The molecule has 0 unspecified atom stereocenters. The van der Waals surface area contributed by atoms with Gasteiger partial charge in [0.2, 0.25) is 0 Å². The summed E-state index contributed by atoms with van der Waals surface area (Å²) in [5, 5.41) is 1.15. The summed E-state index contributed by atoms with van der Waals surface area (Å²) in [5.74, 6) is 0. The molecular formula is C29H17BF2N4S2. The van der Waals surface area contributed by atoms with Crippen LogP contribution < -0.4 is 0 Å². The van der Waals surface area contributed by atoms with Crippen molar-refractivity contribution in [2.24, 2.45) is 0 Å². The van der Waals surface area contributed by atoms with Gasteiger partial charge in [0.15, 0.2) is 16.4 Å². The van der Waals surface area contributed by atoms with Crippen LogP contribution in [0.2, 0.25) is 0 Å². The minimum absolute atomic E-state index is 0.411. The summed E-state index contributed by atoms with van der Waals surface area (Å²) in [6.45, 7) is -4.25. The van der Waals surface area contributed by atoms with Crippen LogP contribution in [0.25, 0.3) is 36.7 Å². The van der Waals surface area contributed by atoms with Crippen LogP contribution in [-0.2, 0) is 0 Å². The van der Waals surface area contributed by atoms with E-state index in [2.05, 4.69) is 0 Å². The molecule has 0 saturated carbocycles. The number of thiazole rings is 2. The molecule has 0 amide bonds. The molecule has 3 aromatic carbocycles. The Bertz CT molecular complexity index is 1950. The normalized spacial score (nSPS) is 16.1. The molecule has 8 rings (SSSR count). The van der Waals surface area contributed by atoms with Crippen LogP contribution in [0.4, 0.5) is 8.63 Å². The van der Waals surface area contributed by atoms with Crippen molar-refractivity contribution in [1.82, 2.24) is 14.4 Å². The molecular weight excluding hydrogens is 517 g/mol. The molecule has 0 radical (unpaired) electrons. The van der Waals surface area contributed by atoms with Gasteiger partial charge in [0.25, 0.3) is 0 Å². The smallest absolute Gasteiger partial charge is 0.389 e. The molecule has 4 nitrogen and oxygen atoms in total. The van der Waals surface area contributed by atoms with E-state index in [0.29, 0.717) is 32.8 Å². The highest BCUT2D eigenvalue weighted by molar-refractivity contribution is 7.21. The van der Waals surface area contributed by atoms with Gasteiger partial charge in [0, 0.05) is 23.5 Å². The zero-order chi connectivity index (χ0) is 25.4. The number of halogens is 2. The van der Waals surface area contributed by atoms with Gasteiger partial charge in [-0.15, -0.1) is 22.7 Å². The molecule has 9 heteroatoms. The Morgan fingerprint density at radius 3 is 1.97 bits per heavy atom.